The standard InChI is InChI=1S/C15H21N3O/c1-11(2)14(15(19)18(3)4)17-10-13-7-5-12(9-16)6-8-13/h5-8,11,14,17H,10H2,1-4H3/t14-/m0/s1. The molecular weight excluding hydrogens is 238 g/mol. The Balaban J connectivity index is 2.66. The van der Waals surface area contributed by atoms with Crippen LogP contribution in [0.4, 0.5) is 0 Å². The predicted molar refractivity (Wildman–Crippen MR) is 75.3 cm³/mol. The highest BCUT2D eigenvalue weighted by Gasteiger charge is 2.22. The Hall–Kier alpha value is -1.86. The first-order valence-electron chi connectivity index (χ1n) is 6.39. The lowest BCUT2D eigenvalue weighted by Crippen LogP contribution is -2.46. The highest BCUT2D eigenvalue weighted by molar-refractivity contribution is 5.81. The molecule has 0 fully saturated rings. The normalized spacial score (nSPS) is 12.0. The minimum Gasteiger partial charge on any atom is -0.347 e. The molecule has 19 heavy (non-hydrogen) atoms. The van der Waals surface area contributed by atoms with E-state index in [0.717, 1.165) is 5.56 Å². The highest BCUT2D eigenvalue weighted by Crippen LogP contribution is 2.08. The number of carbonyl (C=O) groups excluding carboxylic acids is 1. The van der Waals surface area contributed by atoms with Crippen LogP contribution >= 0.6 is 0 Å². The lowest BCUT2D eigenvalue weighted by molar-refractivity contribution is -0.132. The van der Waals surface area contributed by atoms with Crippen LogP contribution in [0.3, 0.4) is 0 Å². The number of nitrogens with zero attached hydrogens (tertiary/aromatic N) is 2. The average molecular weight is 259 g/mol. The number of carbonyl (C=O) groups is 1. The van der Waals surface area contributed by atoms with Gasteiger partial charge in [-0.15, -0.1) is 0 Å². The molecule has 1 N–H and O–H groups in total. The monoisotopic (exact) mass is 259 g/mol. The Morgan fingerprint density at radius 2 is 1.89 bits per heavy atom. The molecule has 0 saturated heterocycles. The molecule has 0 heterocycles. The Bertz CT molecular complexity index is 457. The van der Waals surface area contributed by atoms with Crippen molar-refractivity contribution in [2.24, 2.45) is 5.92 Å². The minimum absolute atomic E-state index is 0.0867. The van der Waals surface area contributed by atoms with E-state index in [1.807, 2.05) is 26.0 Å². The fourth-order valence-electron chi connectivity index (χ4n) is 1.81. The zero-order valence-corrected chi connectivity index (χ0v) is 12.0. The Morgan fingerprint density at radius 3 is 2.32 bits per heavy atom. The van der Waals surface area contributed by atoms with Crippen molar-refractivity contribution in [1.29, 1.82) is 5.26 Å². The largest absolute Gasteiger partial charge is 0.347 e. The van der Waals surface area contributed by atoms with E-state index in [0.29, 0.717) is 12.1 Å². The molecule has 1 atom stereocenters. The molecule has 0 aromatic heterocycles. The summed E-state index contributed by atoms with van der Waals surface area (Å²) in [5.41, 5.74) is 1.71. The van der Waals surface area contributed by atoms with Gasteiger partial charge in [0.1, 0.15) is 0 Å². The molecule has 0 radical (unpaired) electrons. The van der Waals surface area contributed by atoms with Gasteiger partial charge >= 0.3 is 0 Å². The van der Waals surface area contributed by atoms with Crippen LogP contribution in [0.15, 0.2) is 24.3 Å². The molecule has 1 rings (SSSR count). The van der Waals surface area contributed by atoms with Gasteiger partial charge in [0.2, 0.25) is 5.91 Å². The Morgan fingerprint density at radius 1 is 1.32 bits per heavy atom. The van der Waals surface area contributed by atoms with Crippen LogP contribution in [0.2, 0.25) is 0 Å². The molecule has 1 aromatic carbocycles. The molecule has 0 aliphatic carbocycles. The topological polar surface area (TPSA) is 56.1 Å². The molecule has 0 bridgehead atoms. The van der Waals surface area contributed by atoms with Gasteiger partial charge in [-0.05, 0) is 23.6 Å². The Kier molecular flexibility index (Phi) is 5.53. The van der Waals surface area contributed by atoms with Gasteiger partial charge in [-0.1, -0.05) is 26.0 Å². The van der Waals surface area contributed by atoms with Crippen molar-refractivity contribution < 1.29 is 4.79 Å². The van der Waals surface area contributed by atoms with Gasteiger partial charge in [0.05, 0.1) is 17.7 Å². The molecule has 102 valence electrons. The van der Waals surface area contributed by atoms with E-state index in [-0.39, 0.29) is 17.9 Å². The fraction of sp³-hybridized carbons (Fsp3) is 0.467. The predicted octanol–water partition coefficient (Wildman–Crippen LogP) is 1.76. The molecular formula is C15H21N3O. The number of hydrogen-bond donors (Lipinski definition) is 1. The summed E-state index contributed by atoms with van der Waals surface area (Å²) >= 11 is 0. The first kappa shape index (κ1) is 15.2. The van der Waals surface area contributed by atoms with Crippen molar-refractivity contribution in [2.45, 2.75) is 26.4 Å². The second-order valence-electron chi connectivity index (χ2n) is 5.14. The first-order chi connectivity index (χ1) is 8.95. The second-order valence-corrected chi connectivity index (χ2v) is 5.14. The Labute approximate surface area is 115 Å². The molecule has 0 spiro atoms. The third-order valence-corrected chi connectivity index (χ3v) is 2.98. The van der Waals surface area contributed by atoms with Crippen molar-refractivity contribution in [3.8, 4) is 6.07 Å². The molecule has 1 amide bonds. The lowest BCUT2D eigenvalue weighted by atomic mass is 10.0. The molecule has 0 aliphatic heterocycles. The number of rotatable bonds is 5. The maximum Gasteiger partial charge on any atom is 0.239 e. The van der Waals surface area contributed by atoms with Gasteiger partial charge in [-0.25, -0.2) is 0 Å². The van der Waals surface area contributed by atoms with E-state index in [4.69, 9.17) is 5.26 Å². The molecule has 0 aliphatic rings. The van der Waals surface area contributed by atoms with Crippen LogP contribution in [0.25, 0.3) is 0 Å². The van der Waals surface area contributed by atoms with Crippen molar-refractivity contribution in [2.75, 3.05) is 14.1 Å². The minimum atomic E-state index is -0.189. The number of amides is 1. The number of hydrogen-bond acceptors (Lipinski definition) is 3. The van der Waals surface area contributed by atoms with Crippen LogP contribution in [-0.2, 0) is 11.3 Å². The summed E-state index contributed by atoms with van der Waals surface area (Å²) in [7, 11) is 3.53. The van der Waals surface area contributed by atoms with Crippen LogP contribution in [0.5, 0.6) is 0 Å². The lowest BCUT2D eigenvalue weighted by Gasteiger charge is -2.24. The van der Waals surface area contributed by atoms with E-state index < -0.39 is 0 Å². The second kappa shape index (κ2) is 6.91. The summed E-state index contributed by atoms with van der Waals surface area (Å²) in [6.07, 6.45) is 0. The van der Waals surface area contributed by atoms with E-state index in [2.05, 4.69) is 11.4 Å². The maximum atomic E-state index is 12.0. The summed E-state index contributed by atoms with van der Waals surface area (Å²) in [5.74, 6) is 0.317. The van der Waals surface area contributed by atoms with E-state index >= 15 is 0 Å². The van der Waals surface area contributed by atoms with Gasteiger partial charge in [0, 0.05) is 20.6 Å². The highest BCUT2D eigenvalue weighted by atomic mass is 16.2. The van der Waals surface area contributed by atoms with E-state index in [1.54, 1.807) is 31.1 Å². The zero-order chi connectivity index (χ0) is 14.4. The summed E-state index contributed by atoms with van der Waals surface area (Å²) in [6.45, 7) is 4.67. The molecule has 0 unspecified atom stereocenters. The molecule has 4 nitrogen and oxygen atoms in total. The molecule has 4 heteroatoms. The van der Waals surface area contributed by atoms with Gasteiger partial charge in [-0.2, -0.15) is 5.26 Å². The summed E-state index contributed by atoms with van der Waals surface area (Å²) in [6, 6.07) is 9.29. The maximum absolute atomic E-state index is 12.0. The third-order valence-electron chi connectivity index (χ3n) is 2.98. The van der Waals surface area contributed by atoms with E-state index in [1.165, 1.54) is 0 Å². The van der Waals surface area contributed by atoms with Crippen molar-refractivity contribution in [3.63, 3.8) is 0 Å². The van der Waals surface area contributed by atoms with Crippen LogP contribution in [0, 0.1) is 17.2 Å². The van der Waals surface area contributed by atoms with Gasteiger partial charge < -0.3 is 10.2 Å². The van der Waals surface area contributed by atoms with E-state index in [9.17, 15) is 4.79 Å². The third kappa shape index (κ3) is 4.38. The van der Waals surface area contributed by atoms with Gasteiger partial charge in [-0.3, -0.25) is 4.79 Å². The summed E-state index contributed by atoms with van der Waals surface area (Å²) in [5, 5.41) is 12.0. The fourth-order valence-corrected chi connectivity index (χ4v) is 1.81. The smallest absolute Gasteiger partial charge is 0.239 e. The zero-order valence-electron chi connectivity index (χ0n) is 12.0. The summed E-state index contributed by atoms with van der Waals surface area (Å²) < 4.78 is 0. The summed E-state index contributed by atoms with van der Waals surface area (Å²) in [4.78, 5) is 13.6. The number of benzene rings is 1. The quantitative estimate of drug-likeness (QED) is 0.876. The van der Waals surface area contributed by atoms with Crippen molar-refractivity contribution >= 4 is 5.91 Å². The number of nitrogens with one attached hydrogen (secondary N) is 1. The van der Waals surface area contributed by atoms with Crippen molar-refractivity contribution in [1.82, 2.24) is 10.2 Å². The molecule has 1 aromatic rings. The van der Waals surface area contributed by atoms with Gasteiger partial charge in [0.25, 0.3) is 0 Å². The number of likely N-dealkylation sites (N-methyl/N-ethyl adjacent to an activating group) is 1. The van der Waals surface area contributed by atoms with Crippen LogP contribution in [0.1, 0.15) is 25.0 Å². The first-order valence-corrected chi connectivity index (χ1v) is 6.39. The SMILES string of the molecule is CC(C)[C@H](NCc1ccc(C#N)cc1)C(=O)N(C)C. The van der Waals surface area contributed by atoms with Gasteiger partial charge in [0.15, 0.2) is 0 Å². The van der Waals surface area contributed by atoms with Crippen LogP contribution < -0.4 is 5.32 Å². The number of nitriles is 1. The van der Waals surface area contributed by atoms with Crippen molar-refractivity contribution in [3.05, 3.63) is 35.4 Å². The molecule has 0 saturated carbocycles. The van der Waals surface area contributed by atoms with Crippen LogP contribution in [-0.4, -0.2) is 30.9 Å². The average Bonchev–Trinajstić information content (AvgIpc) is 2.39.